The van der Waals surface area contributed by atoms with Gasteiger partial charge in [0.25, 0.3) is 0 Å². The first-order chi connectivity index (χ1) is 16.1. The summed E-state index contributed by atoms with van der Waals surface area (Å²) in [4.78, 5) is 18.3. The van der Waals surface area contributed by atoms with Crippen molar-refractivity contribution in [2.45, 2.75) is 13.5 Å². The van der Waals surface area contributed by atoms with Crippen LogP contribution in [0.3, 0.4) is 0 Å². The molecule has 0 aliphatic heterocycles. The summed E-state index contributed by atoms with van der Waals surface area (Å²) in [5.74, 6) is 1.17. The van der Waals surface area contributed by atoms with Crippen molar-refractivity contribution in [1.82, 2.24) is 24.1 Å². The van der Waals surface area contributed by atoms with Crippen LogP contribution in [0.2, 0.25) is 0 Å². The third kappa shape index (κ3) is 4.43. The Labute approximate surface area is 198 Å². The molecule has 5 rings (SSSR count). The number of ether oxygens (including phenoxy) is 1. The number of anilines is 1. The number of H-pyrrole nitrogens is 1. The molecule has 0 fully saturated rings. The predicted octanol–water partition coefficient (Wildman–Crippen LogP) is 5.02. The molecule has 0 unspecified atom stereocenters. The number of nitrogens with zero attached hydrogens (tertiary/aromatic N) is 4. The first-order valence-corrected chi connectivity index (χ1v) is 11.6. The molecule has 8 nitrogen and oxygen atoms in total. The fourth-order valence-electron chi connectivity index (χ4n) is 3.49. The molecule has 166 valence electrons. The standard InChI is InChI=1S/C23H20N6O2S2/c1-2-31-18-9-5-16(6-10-18)21-26-27-22(32)29(21)14-20(30)24-17-7-3-15(4-8-17)19-13-28-11-12-33-23(28)25-19/h3-13H,2,14H2,1H3,(H,24,30)(H,27,32). The van der Waals surface area contributed by atoms with Gasteiger partial charge in [-0.25, -0.2) is 4.98 Å². The molecule has 10 heteroatoms. The third-order valence-corrected chi connectivity index (χ3v) is 6.12. The van der Waals surface area contributed by atoms with Crippen molar-refractivity contribution >= 4 is 40.1 Å². The van der Waals surface area contributed by atoms with Gasteiger partial charge in [-0.2, -0.15) is 5.10 Å². The number of hydrogen-bond acceptors (Lipinski definition) is 6. The molecule has 0 radical (unpaired) electrons. The van der Waals surface area contributed by atoms with Crippen molar-refractivity contribution in [3.8, 4) is 28.4 Å². The van der Waals surface area contributed by atoms with E-state index in [1.54, 1.807) is 15.9 Å². The van der Waals surface area contributed by atoms with Gasteiger partial charge < -0.3 is 10.1 Å². The number of fused-ring (bicyclic) bond motifs is 1. The molecule has 5 aromatic rings. The Morgan fingerprint density at radius 1 is 1.15 bits per heavy atom. The molecule has 1 amide bonds. The summed E-state index contributed by atoms with van der Waals surface area (Å²) in [5, 5.41) is 12.0. The van der Waals surface area contributed by atoms with Crippen LogP contribution in [0.1, 0.15) is 6.92 Å². The maximum absolute atomic E-state index is 12.7. The summed E-state index contributed by atoms with van der Waals surface area (Å²) in [6, 6.07) is 15.1. The molecule has 3 aromatic heterocycles. The summed E-state index contributed by atoms with van der Waals surface area (Å²) >= 11 is 6.94. The molecule has 2 N–H and O–H groups in total. The molecule has 3 heterocycles. The molecular weight excluding hydrogens is 456 g/mol. The summed E-state index contributed by atoms with van der Waals surface area (Å²) in [6.07, 6.45) is 3.97. The van der Waals surface area contributed by atoms with E-state index in [0.717, 1.165) is 27.5 Å². The minimum Gasteiger partial charge on any atom is -0.494 e. The summed E-state index contributed by atoms with van der Waals surface area (Å²) < 4.78 is 9.53. The summed E-state index contributed by atoms with van der Waals surface area (Å²) in [5.41, 5.74) is 3.41. The van der Waals surface area contributed by atoms with Crippen molar-refractivity contribution < 1.29 is 9.53 Å². The van der Waals surface area contributed by atoms with Crippen LogP contribution in [0.25, 0.3) is 27.6 Å². The Morgan fingerprint density at radius 3 is 2.64 bits per heavy atom. The highest BCUT2D eigenvalue weighted by atomic mass is 32.1. The van der Waals surface area contributed by atoms with Gasteiger partial charge in [0.05, 0.1) is 12.3 Å². The molecule has 0 aliphatic carbocycles. The lowest BCUT2D eigenvalue weighted by atomic mass is 10.1. The Hall–Kier alpha value is -3.76. The Balaban J connectivity index is 1.29. The van der Waals surface area contributed by atoms with Gasteiger partial charge in [-0.05, 0) is 55.5 Å². The molecule has 0 aliphatic rings. The van der Waals surface area contributed by atoms with Crippen molar-refractivity contribution in [2.24, 2.45) is 0 Å². The first-order valence-electron chi connectivity index (χ1n) is 10.3. The summed E-state index contributed by atoms with van der Waals surface area (Å²) in [7, 11) is 0. The van der Waals surface area contributed by atoms with Crippen LogP contribution in [0.15, 0.2) is 66.3 Å². The molecule has 0 spiro atoms. The highest BCUT2D eigenvalue weighted by molar-refractivity contribution is 7.71. The van der Waals surface area contributed by atoms with E-state index < -0.39 is 0 Å². The SMILES string of the molecule is CCOc1ccc(-c2n[nH]c(=S)n2CC(=O)Nc2ccc(-c3cn4ccsc4n3)cc2)cc1. The van der Waals surface area contributed by atoms with Crippen LogP contribution >= 0.6 is 23.6 Å². The molecule has 33 heavy (non-hydrogen) atoms. The Kier molecular flexibility index (Phi) is 5.76. The van der Waals surface area contributed by atoms with E-state index in [1.807, 2.05) is 77.6 Å². The van der Waals surface area contributed by atoms with Crippen molar-refractivity contribution in [1.29, 1.82) is 0 Å². The average molecular weight is 477 g/mol. The van der Waals surface area contributed by atoms with Crippen molar-refractivity contribution in [3.05, 3.63) is 71.1 Å². The number of hydrogen-bond donors (Lipinski definition) is 2. The Bertz CT molecular complexity index is 1430. The van der Waals surface area contributed by atoms with Crippen LogP contribution in [0, 0.1) is 4.77 Å². The largest absolute Gasteiger partial charge is 0.494 e. The van der Waals surface area contributed by atoms with Crippen molar-refractivity contribution in [2.75, 3.05) is 11.9 Å². The van der Waals surface area contributed by atoms with E-state index in [9.17, 15) is 4.79 Å². The number of aromatic amines is 1. The maximum atomic E-state index is 12.7. The van der Waals surface area contributed by atoms with Gasteiger partial charge in [0.2, 0.25) is 5.91 Å². The number of amides is 1. The number of carbonyl (C=O) groups is 1. The van der Waals surface area contributed by atoms with E-state index in [2.05, 4.69) is 20.5 Å². The molecule has 0 bridgehead atoms. The second-order valence-electron chi connectivity index (χ2n) is 7.24. The van der Waals surface area contributed by atoms with Gasteiger partial charge in [0, 0.05) is 34.6 Å². The van der Waals surface area contributed by atoms with E-state index in [-0.39, 0.29) is 12.5 Å². The number of carbonyl (C=O) groups excluding carboxylic acids is 1. The molecule has 2 aromatic carbocycles. The van der Waals surface area contributed by atoms with Gasteiger partial charge in [0.1, 0.15) is 12.3 Å². The Morgan fingerprint density at radius 2 is 1.91 bits per heavy atom. The third-order valence-electron chi connectivity index (χ3n) is 5.04. The average Bonchev–Trinajstić information content (AvgIpc) is 3.51. The van der Waals surface area contributed by atoms with Gasteiger partial charge in [-0.15, -0.1) is 11.3 Å². The zero-order valence-electron chi connectivity index (χ0n) is 17.7. The van der Waals surface area contributed by atoms with Crippen LogP contribution in [-0.2, 0) is 11.3 Å². The molecule has 0 atom stereocenters. The van der Waals surface area contributed by atoms with Gasteiger partial charge in [-0.3, -0.25) is 18.9 Å². The number of benzene rings is 2. The second kappa shape index (κ2) is 9.00. The predicted molar refractivity (Wildman–Crippen MR) is 131 cm³/mol. The van der Waals surface area contributed by atoms with Crippen LogP contribution in [0.4, 0.5) is 5.69 Å². The fourth-order valence-corrected chi connectivity index (χ4v) is 4.38. The minimum absolute atomic E-state index is 0.0386. The van der Waals surface area contributed by atoms with Crippen LogP contribution < -0.4 is 10.1 Å². The number of thiazole rings is 1. The van der Waals surface area contributed by atoms with E-state index >= 15 is 0 Å². The summed E-state index contributed by atoms with van der Waals surface area (Å²) in [6.45, 7) is 2.57. The van der Waals surface area contributed by atoms with Gasteiger partial charge >= 0.3 is 0 Å². The van der Waals surface area contributed by atoms with E-state index in [4.69, 9.17) is 17.0 Å². The number of aromatic nitrogens is 5. The van der Waals surface area contributed by atoms with Crippen LogP contribution in [-0.4, -0.2) is 36.7 Å². The minimum atomic E-state index is -0.199. The number of imidazole rings is 1. The number of nitrogens with one attached hydrogen (secondary N) is 2. The van der Waals surface area contributed by atoms with Crippen molar-refractivity contribution in [3.63, 3.8) is 0 Å². The second-order valence-corrected chi connectivity index (χ2v) is 8.50. The van der Waals surface area contributed by atoms with E-state index in [0.29, 0.717) is 22.9 Å². The highest BCUT2D eigenvalue weighted by Gasteiger charge is 2.13. The zero-order valence-corrected chi connectivity index (χ0v) is 19.3. The highest BCUT2D eigenvalue weighted by Crippen LogP contribution is 2.24. The molecule has 0 saturated heterocycles. The topological polar surface area (TPSA) is 89.2 Å². The fraction of sp³-hybridized carbons (Fsp3) is 0.130. The molecule has 0 saturated carbocycles. The van der Waals surface area contributed by atoms with Gasteiger partial charge in [-0.1, -0.05) is 12.1 Å². The first kappa shape index (κ1) is 21.1. The monoisotopic (exact) mass is 476 g/mol. The lowest BCUT2D eigenvalue weighted by Gasteiger charge is -2.09. The lowest BCUT2D eigenvalue weighted by molar-refractivity contribution is -0.116. The van der Waals surface area contributed by atoms with Crippen LogP contribution in [0.5, 0.6) is 5.75 Å². The van der Waals surface area contributed by atoms with E-state index in [1.165, 1.54) is 0 Å². The normalized spacial score (nSPS) is 11.1. The quantitative estimate of drug-likeness (QED) is 0.322. The zero-order chi connectivity index (χ0) is 22.8. The number of rotatable bonds is 7. The molecular formula is C23H20N6O2S2. The maximum Gasteiger partial charge on any atom is 0.244 e. The van der Waals surface area contributed by atoms with Gasteiger partial charge in [0.15, 0.2) is 15.6 Å². The lowest BCUT2D eigenvalue weighted by Crippen LogP contribution is -2.19. The smallest absolute Gasteiger partial charge is 0.244 e.